The highest BCUT2D eigenvalue weighted by molar-refractivity contribution is 7.12. The third kappa shape index (κ3) is 2.54. The molecule has 0 spiro atoms. The van der Waals surface area contributed by atoms with Crippen LogP contribution in [0.1, 0.15) is 9.88 Å². The van der Waals surface area contributed by atoms with Gasteiger partial charge in [-0.15, -0.1) is 11.3 Å². The number of benzene rings is 1. The van der Waals surface area contributed by atoms with Gasteiger partial charge in [0.1, 0.15) is 16.8 Å². The molecule has 0 aliphatic rings. The number of aromatic nitrogens is 1. The molecule has 1 aromatic carbocycles. The maximum Gasteiger partial charge on any atom is 0.159 e. The standard InChI is InChI=1S/C11H7ClFN3S/c1-6-15-11(10(5-14)17-6)16-7-2-3-9(13)8(12)4-7/h2-4,16H,1H3. The Morgan fingerprint density at radius 3 is 2.94 bits per heavy atom. The molecule has 3 nitrogen and oxygen atoms in total. The van der Waals surface area contributed by atoms with E-state index in [0.29, 0.717) is 16.4 Å². The molecule has 1 aromatic heterocycles. The van der Waals surface area contributed by atoms with Crippen LogP contribution in [0.15, 0.2) is 18.2 Å². The van der Waals surface area contributed by atoms with Crippen molar-refractivity contribution in [2.75, 3.05) is 5.32 Å². The van der Waals surface area contributed by atoms with Gasteiger partial charge in [-0.3, -0.25) is 0 Å². The Kier molecular flexibility index (Phi) is 3.27. The quantitative estimate of drug-likeness (QED) is 0.899. The SMILES string of the molecule is Cc1nc(Nc2ccc(F)c(Cl)c2)c(C#N)s1. The largest absolute Gasteiger partial charge is 0.338 e. The maximum absolute atomic E-state index is 13.0. The lowest BCUT2D eigenvalue weighted by atomic mass is 10.3. The third-order valence-corrected chi connectivity index (χ3v) is 3.18. The molecule has 17 heavy (non-hydrogen) atoms. The average Bonchev–Trinajstić information content (AvgIpc) is 2.64. The first-order valence-electron chi connectivity index (χ1n) is 4.70. The van der Waals surface area contributed by atoms with Gasteiger partial charge in [0.2, 0.25) is 0 Å². The van der Waals surface area contributed by atoms with Crippen molar-refractivity contribution in [3.63, 3.8) is 0 Å². The van der Waals surface area contributed by atoms with Gasteiger partial charge < -0.3 is 5.32 Å². The molecule has 2 aromatic rings. The lowest BCUT2D eigenvalue weighted by molar-refractivity contribution is 0.628. The molecular formula is C11H7ClFN3S. The monoisotopic (exact) mass is 267 g/mol. The van der Waals surface area contributed by atoms with Gasteiger partial charge in [0, 0.05) is 5.69 Å². The fraction of sp³-hybridized carbons (Fsp3) is 0.0909. The molecule has 0 radical (unpaired) electrons. The zero-order valence-electron chi connectivity index (χ0n) is 8.79. The second kappa shape index (κ2) is 4.70. The molecule has 0 aliphatic heterocycles. The van der Waals surface area contributed by atoms with Crippen molar-refractivity contribution in [2.45, 2.75) is 6.92 Å². The Balaban J connectivity index is 2.31. The number of aryl methyl sites for hydroxylation is 1. The third-order valence-electron chi connectivity index (χ3n) is 2.02. The summed E-state index contributed by atoms with van der Waals surface area (Å²) in [4.78, 5) is 4.67. The van der Waals surface area contributed by atoms with E-state index in [2.05, 4.69) is 10.3 Å². The van der Waals surface area contributed by atoms with Gasteiger partial charge in [0.25, 0.3) is 0 Å². The van der Waals surface area contributed by atoms with E-state index in [1.807, 2.05) is 13.0 Å². The van der Waals surface area contributed by atoms with Crippen molar-refractivity contribution >= 4 is 34.4 Å². The lowest BCUT2D eigenvalue weighted by Crippen LogP contribution is -1.93. The van der Waals surface area contributed by atoms with E-state index in [1.54, 1.807) is 0 Å². The van der Waals surface area contributed by atoms with Gasteiger partial charge in [0.05, 0.1) is 10.0 Å². The topological polar surface area (TPSA) is 48.7 Å². The van der Waals surface area contributed by atoms with Gasteiger partial charge in [-0.25, -0.2) is 9.37 Å². The molecule has 0 aliphatic carbocycles. The minimum absolute atomic E-state index is 0.0282. The van der Waals surface area contributed by atoms with Gasteiger partial charge in [-0.05, 0) is 25.1 Å². The van der Waals surface area contributed by atoms with Crippen LogP contribution in [0, 0.1) is 24.1 Å². The molecule has 0 fully saturated rings. The molecule has 0 unspecified atom stereocenters. The highest BCUT2D eigenvalue weighted by Crippen LogP contribution is 2.27. The van der Waals surface area contributed by atoms with E-state index >= 15 is 0 Å². The number of rotatable bonds is 2. The van der Waals surface area contributed by atoms with E-state index in [-0.39, 0.29) is 5.02 Å². The summed E-state index contributed by atoms with van der Waals surface area (Å²) in [5.41, 5.74) is 0.596. The Hall–Kier alpha value is -1.64. The molecule has 0 saturated carbocycles. The first-order valence-corrected chi connectivity index (χ1v) is 5.89. The van der Waals surface area contributed by atoms with Crippen molar-refractivity contribution < 1.29 is 4.39 Å². The van der Waals surface area contributed by atoms with Crippen molar-refractivity contribution in [1.29, 1.82) is 5.26 Å². The molecule has 1 N–H and O–H groups in total. The summed E-state index contributed by atoms with van der Waals surface area (Å²) < 4.78 is 13.0. The molecule has 2 rings (SSSR count). The molecule has 86 valence electrons. The average molecular weight is 268 g/mol. The van der Waals surface area contributed by atoms with Crippen molar-refractivity contribution in [1.82, 2.24) is 4.98 Å². The summed E-state index contributed by atoms with van der Waals surface area (Å²) >= 11 is 6.96. The highest BCUT2D eigenvalue weighted by Gasteiger charge is 2.09. The van der Waals surface area contributed by atoms with Crippen LogP contribution in [0.3, 0.4) is 0 Å². The van der Waals surface area contributed by atoms with Gasteiger partial charge in [0.15, 0.2) is 5.82 Å². The Labute approximate surface area is 106 Å². The first kappa shape index (κ1) is 11.8. The number of nitrogens with one attached hydrogen (secondary N) is 1. The van der Waals surface area contributed by atoms with Crippen molar-refractivity contribution in [3.8, 4) is 6.07 Å². The summed E-state index contributed by atoms with van der Waals surface area (Å²) in [7, 11) is 0. The normalized spacial score (nSPS) is 10.0. The molecule has 0 amide bonds. The lowest BCUT2D eigenvalue weighted by Gasteiger charge is -2.04. The van der Waals surface area contributed by atoms with Crippen LogP contribution in [0.25, 0.3) is 0 Å². The summed E-state index contributed by atoms with van der Waals surface area (Å²) in [5, 5.41) is 12.7. The van der Waals surface area contributed by atoms with Crippen LogP contribution in [0.5, 0.6) is 0 Å². The first-order chi connectivity index (χ1) is 8.10. The van der Waals surface area contributed by atoms with E-state index < -0.39 is 5.82 Å². The highest BCUT2D eigenvalue weighted by atomic mass is 35.5. The van der Waals surface area contributed by atoms with E-state index in [4.69, 9.17) is 16.9 Å². The molecule has 0 bridgehead atoms. The molecule has 1 heterocycles. The van der Waals surface area contributed by atoms with Gasteiger partial charge in [-0.1, -0.05) is 11.6 Å². The van der Waals surface area contributed by atoms with Crippen LogP contribution in [-0.4, -0.2) is 4.98 Å². The van der Waals surface area contributed by atoms with E-state index in [9.17, 15) is 4.39 Å². The number of halogens is 2. The maximum atomic E-state index is 13.0. The number of nitriles is 1. The number of hydrogen-bond donors (Lipinski definition) is 1. The Bertz CT molecular complexity index is 603. The Morgan fingerprint density at radius 2 is 2.29 bits per heavy atom. The van der Waals surface area contributed by atoms with E-state index in [0.717, 1.165) is 5.01 Å². The van der Waals surface area contributed by atoms with Crippen molar-refractivity contribution in [3.05, 3.63) is 38.9 Å². The van der Waals surface area contributed by atoms with Crippen LogP contribution >= 0.6 is 22.9 Å². The van der Waals surface area contributed by atoms with E-state index in [1.165, 1.54) is 29.5 Å². The van der Waals surface area contributed by atoms with Crippen LogP contribution in [-0.2, 0) is 0 Å². The number of nitrogens with zero attached hydrogens (tertiary/aromatic N) is 2. The van der Waals surface area contributed by atoms with Crippen LogP contribution in [0.2, 0.25) is 5.02 Å². The predicted octanol–water partition coefficient (Wildman–Crippen LogP) is 3.86. The van der Waals surface area contributed by atoms with Crippen molar-refractivity contribution in [2.24, 2.45) is 0 Å². The summed E-state index contributed by atoms with van der Waals surface area (Å²) in [5.74, 6) is -0.00939. The zero-order chi connectivity index (χ0) is 12.4. The van der Waals surface area contributed by atoms with Crippen LogP contribution < -0.4 is 5.32 Å². The molecular weight excluding hydrogens is 261 g/mol. The molecule has 0 saturated heterocycles. The smallest absolute Gasteiger partial charge is 0.159 e. The minimum Gasteiger partial charge on any atom is -0.338 e. The molecule has 0 atom stereocenters. The summed E-state index contributed by atoms with van der Waals surface area (Å²) in [6.45, 7) is 1.81. The summed E-state index contributed by atoms with van der Waals surface area (Å²) in [6, 6.07) is 6.30. The molecule has 6 heteroatoms. The minimum atomic E-state index is -0.479. The number of anilines is 2. The number of thiazole rings is 1. The second-order valence-corrected chi connectivity index (χ2v) is 4.89. The number of hydrogen-bond acceptors (Lipinski definition) is 4. The van der Waals surface area contributed by atoms with Gasteiger partial charge >= 0.3 is 0 Å². The Morgan fingerprint density at radius 1 is 1.53 bits per heavy atom. The fourth-order valence-electron chi connectivity index (χ4n) is 1.30. The zero-order valence-corrected chi connectivity index (χ0v) is 10.4. The van der Waals surface area contributed by atoms with Gasteiger partial charge in [-0.2, -0.15) is 5.26 Å². The second-order valence-electron chi connectivity index (χ2n) is 3.28. The summed E-state index contributed by atoms with van der Waals surface area (Å²) in [6.07, 6.45) is 0. The fourth-order valence-corrected chi connectivity index (χ4v) is 2.15. The predicted molar refractivity (Wildman–Crippen MR) is 66.3 cm³/mol. The van der Waals surface area contributed by atoms with Crippen LogP contribution in [0.4, 0.5) is 15.9 Å².